The highest BCUT2D eigenvalue weighted by Crippen LogP contribution is 2.16. The van der Waals surface area contributed by atoms with Crippen LogP contribution in [0.25, 0.3) is 11.0 Å². The third kappa shape index (κ3) is 0.792. The second kappa shape index (κ2) is 2.23. The summed E-state index contributed by atoms with van der Waals surface area (Å²) in [4.78, 5) is 0. The highest BCUT2D eigenvalue weighted by molar-refractivity contribution is 5.74. The Kier molecular flexibility index (Phi) is 1.33. The molecule has 0 saturated carbocycles. The van der Waals surface area contributed by atoms with E-state index in [4.69, 9.17) is 0 Å². The van der Waals surface area contributed by atoms with Gasteiger partial charge in [-0.05, 0) is 12.1 Å². The van der Waals surface area contributed by atoms with Crippen LogP contribution in [0.5, 0.6) is 0 Å². The van der Waals surface area contributed by atoms with Gasteiger partial charge < -0.3 is 0 Å². The molecule has 1 aromatic carbocycles. The summed E-state index contributed by atoms with van der Waals surface area (Å²) in [7, 11) is 1.62. The molecule has 0 unspecified atom stereocenters. The average Bonchev–Trinajstić information content (AvgIpc) is 2.41. The molecule has 0 fully saturated rings. The maximum atomic E-state index is 12.9. The third-order valence-corrected chi connectivity index (χ3v) is 1.68. The fraction of sp³-hybridized carbons (Fsp3) is 0.143. The summed E-state index contributed by atoms with van der Waals surface area (Å²) >= 11 is 0. The van der Waals surface area contributed by atoms with E-state index in [9.17, 15) is 8.78 Å². The largest absolute Gasteiger partial charge is 0.248 e. The first-order valence-corrected chi connectivity index (χ1v) is 3.33. The molecule has 0 radical (unpaired) electrons. The van der Waals surface area contributed by atoms with Gasteiger partial charge in [-0.2, -0.15) is 0 Å². The summed E-state index contributed by atoms with van der Waals surface area (Å²) in [5.74, 6) is -1.84. The van der Waals surface area contributed by atoms with Crippen molar-refractivity contribution >= 4 is 11.0 Å². The van der Waals surface area contributed by atoms with Crippen LogP contribution in [0.2, 0.25) is 0 Å². The van der Waals surface area contributed by atoms with Gasteiger partial charge in [0.05, 0.1) is 5.52 Å². The number of rotatable bonds is 0. The van der Waals surface area contributed by atoms with E-state index in [-0.39, 0.29) is 5.52 Å². The summed E-state index contributed by atoms with van der Waals surface area (Å²) in [5, 5.41) is 7.03. The first-order chi connectivity index (χ1) is 5.70. The number of aromatic nitrogens is 3. The van der Waals surface area contributed by atoms with Crippen LogP contribution in [0.15, 0.2) is 12.1 Å². The van der Waals surface area contributed by atoms with Gasteiger partial charge in [0.25, 0.3) is 0 Å². The van der Waals surface area contributed by atoms with Crippen LogP contribution in [0.3, 0.4) is 0 Å². The second-order valence-electron chi connectivity index (χ2n) is 2.44. The van der Waals surface area contributed by atoms with E-state index in [1.54, 1.807) is 7.05 Å². The first kappa shape index (κ1) is 7.15. The minimum Gasteiger partial charge on any atom is -0.248 e. The monoisotopic (exact) mass is 169 g/mol. The summed E-state index contributed by atoms with van der Waals surface area (Å²) in [6.07, 6.45) is 0. The maximum Gasteiger partial charge on any atom is 0.188 e. The highest BCUT2D eigenvalue weighted by Gasteiger charge is 2.10. The van der Waals surface area contributed by atoms with Crippen molar-refractivity contribution in [3.8, 4) is 0 Å². The molecule has 0 spiro atoms. The number of halogens is 2. The van der Waals surface area contributed by atoms with Crippen LogP contribution in [-0.2, 0) is 7.05 Å². The van der Waals surface area contributed by atoms with Gasteiger partial charge >= 0.3 is 0 Å². The smallest absolute Gasteiger partial charge is 0.188 e. The molecule has 0 aliphatic carbocycles. The number of fused-ring (bicyclic) bond motifs is 1. The summed E-state index contributed by atoms with van der Waals surface area (Å²) < 4.78 is 26.9. The van der Waals surface area contributed by atoms with Crippen molar-refractivity contribution in [2.75, 3.05) is 0 Å². The molecule has 0 saturated heterocycles. The Morgan fingerprint density at radius 1 is 1.33 bits per heavy atom. The van der Waals surface area contributed by atoms with E-state index in [2.05, 4.69) is 10.3 Å². The van der Waals surface area contributed by atoms with Gasteiger partial charge in [0, 0.05) is 7.05 Å². The standard InChI is InChI=1S/C7H5F2N3/c1-12-5-3-2-4(8)6(9)7(5)10-11-12/h2-3H,1H3. The van der Waals surface area contributed by atoms with E-state index in [1.807, 2.05) is 0 Å². The Labute approximate surface area is 66.6 Å². The van der Waals surface area contributed by atoms with Gasteiger partial charge in [-0.1, -0.05) is 5.21 Å². The van der Waals surface area contributed by atoms with Crippen LogP contribution in [0.1, 0.15) is 0 Å². The van der Waals surface area contributed by atoms with Crippen LogP contribution >= 0.6 is 0 Å². The Morgan fingerprint density at radius 3 is 2.83 bits per heavy atom. The zero-order valence-corrected chi connectivity index (χ0v) is 6.25. The van der Waals surface area contributed by atoms with Gasteiger partial charge in [-0.25, -0.2) is 13.5 Å². The molecule has 1 heterocycles. The SMILES string of the molecule is Cn1nnc2c(F)c(F)ccc21. The molecule has 0 N–H and O–H groups in total. The van der Waals surface area contributed by atoms with Crippen molar-refractivity contribution in [1.29, 1.82) is 0 Å². The van der Waals surface area contributed by atoms with E-state index >= 15 is 0 Å². The highest BCUT2D eigenvalue weighted by atomic mass is 19.2. The first-order valence-electron chi connectivity index (χ1n) is 3.33. The second-order valence-corrected chi connectivity index (χ2v) is 2.44. The molecule has 3 nitrogen and oxygen atoms in total. The number of hydrogen-bond donors (Lipinski definition) is 0. The van der Waals surface area contributed by atoms with Gasteiger partial charge in [-0.3, -0.25) is 0 Å². The molecule has 2 rings (SSSR count). The van der Waals surface area contributed by atoms with Gasteiger partial charge in [0.2, 0.25) is 0 Å². The molecule has 2 aromatic rings. The molecule has 0 aliphatic rings. The predicted octanol–water partition coefficient (Wildman–Crippen LogP) is 1.25. The summed E-state index contributed by atoms with van der Waals surface area (Å²) in [6, 6.07) is 2.49. The van der Waals surface area contributed by atoms with Crippen molar-refractivity contribution < 1.29 is 8.78 Å². The van der Waals surface area contributed by atoms with E-state index in [0.717, 1.165) is 6.07 Å². The lowest BCUT2D eigenvalue weighted by atomic mass is 10.3. The minimum atomic E-state index is -0.944. The molecular weight excluding hydrogens is 164 g/mol. The molecule has 0 amide bonds. The van der Waals surface area contributed by atoms with Crippen LogP contribution in [0, 0.1) is 11.6 Å². The Hall–Kier alpha value is -1.52. The Morgan fingerprint density at radius 2 is 2.08 bits per heavy atom. The lowest BCUT2D eigenvalue weighted by Gasteiger charge is -1.93. The van der Waals surface area contributed by atoms with Gasteiger partial charge in [0.15, 0.2) is 17.2 Å². The lowest BCUT2D eigenvalue weighted by Crippen LogP contribution is -1.90. The summed E-state index contributed by atoms with van der Waals surface area (Å²) in [6.45, 7) is 0. The number of aryl methyl sites for hydroxylation is 1. The lowest BCUT2D eigenvalue weighted by molar-refractivity contribution is 0.515. The Balaban J connectivity index is 2.93. The molecule has 1 aromatic heterocycles. The minimum absolute atomic E-state index is 0.0301. The van der Waals surface area contributed by atoms with Crippen molar-refractivity contribution in [1.82, 2.24) is 15.0 Å². The van der Waals surface area contributed by atoms with E-state index in [0.29, 0.717) is 5.52 Å². The zero-order valence-electron chi connectivity index (χ0n) is 6.25. The van der Waals surface area contributed by atoms with E-state index < -0.39 is 11.6 Å². The number of benzene rings is 1. The van der Waals surface area contributed by atoms with Crippen LogP contribution < -0.4 is 0 Å². The van der Waals surface area contributed by atoms with Crippen molar-refractivity contribution in [2.24, 2.45) is 7.05 Å². The fourth-order valence-corrected chi connectivity index (χ4v) is 1.05. The van der Waals surface area contributed by atoms with Crippen molar-refractivity contribution in [3.05, 3.63) is 23.8 Å². The normalized spacial score (nSPS) is 10.9. The Bertz CT molecular complexity index is 435. The zero-order chi connectivity index (χ0) is 8.72. The predicted molar refractivity (Wildman–Crippen MR) is 38.4 cm³/mol. The molecule has 0 bridgehead atoms. The third-order valence-electron chi connectivity index (χ3n) is 1.68. The molecular formula is C7H5F2N3. The van der Waals surface area contributed by atoms with Gasteiger partial charge in [0.1, 0.15) is 0 Å². The van der Waals surface area contributed by atoms with Crippen LogP contribution in [-0.4, -0.2) is 15.0 Å². The number of nitrogens with zero attached hydrogens (tertiary/aromatic N) is 3. The molecule has 0 aliphatic heterocycles. The number of hydrogen-bond acceptors (Lipinski definition) is 2. The molecule has 0 atom stereocenters. The molecule has 12 heavy (non-hydrogen) atoms. The molecule has 5 heteroatoms. The average molecular weight is 169 g/mol. The fourth-order valence-electron chi connectivity index (χ4n) is 1.05. The van der Waals surface area contributed by atoms with Gasteiger partial charge in [-0.15, -0.1) is 5.10 Å². The maximum absolute atomic E-state index is 12.9. The van der Waals surface area contributed by atoms with Crippen molar-refractivity contribution in [2.45, 2.75) is 0 Å². The molecule has 62 valence electrons. The quantitative estimate of drug-likeness (QED) is 0.594. The topological polar surface area (TPSA) is 30.7 Å². The summed E-state index contributed by atoms with van der Waals surface area (Å²) in [5.41, 5.74) is 0.450. The van der Waals surface area contributed by atoms with E-state index in [1.165, 1.54) is 10.7 Å². The van der Waals surface area contributed by atoms with Crippen molar-refractivity contribution in [3.63, 3.8) is 0 Å². The van der Waals surface area contributed by atoms with Crippen LogP contribution in [0.4, 0.5) is 8.78 Å².